The maximum atomic E-state index is 13.1. The lowest BCUT2D eigenvalue weighted by molar-refractivity contribution is 0.0817. The van der Waals surface area contributed by atoms with E-state index in [9.17, 15) is 9.50 Å². The first-order valence-corrected chi connectivity index (χ1v) is 6.15. The monoisotopic (exact) mass is 265 g/mol. The first-order chi connectivity index (χ1) is 9.19. The van der Waals surface area contributed by atoms with E-state index in [-0.39, 0.29) is 24.5 Å². The summed E-state index contributed by atoms with van der Waals surface area (Å²) in [4.78, 5) is 8.45. The van der Waals surface area contributed by atoms with Crippen LogP contribution in [-0.2, 0) is 0 Å². The van der Waals surface area contributed by atoms with E-state index in [1.807, 2.05) is 0 Å². The minimum Gasteiger partial charge on any atom is -0.396 e. The Bertz CT molecular complexity index is 540. The number of aliphatic imine (C=N–C) groups is 1. The molecule has 102 valence electrons. The van der Waals surface area contributed by atoms with E-state index in [4.69, 9.17) is 5.73 Å². The van der Waals surface area contributed by atoms with E-state index < -0.39 is 12.8 Å². The molecule has 2 heterocycles. The summed E-state index contributed by atoms with van der Waals surface area (Å²) < 4.78 is 14.9. The minimum absolute atomic E-state index is 0.0782. The van der Waals surface area contributed by atoms with Crippen molar-refractivity contribution in [2.45, 2.75) is 12.2 Å². The number of aromatic nitrogens is 2. The average molecular weight is 265 g/mol. The second-order valence-electron chi connectivity index (χ2n) is 4.89. The van der Waals surface area contributed by atoms with Crippen LogP contribution in [0.3, 0.4) is 0 Å². The van der Waals surface area contributed by atoms with Crippen LogP contribution in [0.4, 0.5) is 10.2 Å². The second kappa shape index (κ2) is 4.43. The van der Waals surface area contributed by atoms with Crippen LogP contribution in [0.5, 0.6) is 0 Å². The zero-order valence-electron chi connectivity index (χ0n) is 10.3. The molecule has 0 bridgehead atoms. The van der Waals surface area contributed by atoms with Crippen LogP contribution in [0.15, 0.2) is 23.5 Å². The molecule has 7 heteroatoms. The van der Waals surface area contributed by atoms with E-state index in [1.165, 1.54) is 6.34 Å². The molecule has 1 saturated carbocycles. The van der Waals surface area contributed by atoms with Gasteiger partial charge in [-0.15, -0.1) is 0 Å². The molecule has 1 aromatic rings. The van der Waals surface area contributed by atoms with Crippen LogP contribution in [0.1, 0.15) is 17.9 Å². The van der Waals surface area contributed by atoms with Gasteiger partial charge in [0.15, 0.2) is 5.82 Å². The Morgan fingerprint density at radius 1 is 1.58 bits per heavy atom. The minimum atomic E-state index is -0.504. The Morgan fingerprint density at radius 3 is 3.05 bits per heavy atom. The number of hydrogen-bond acceptors (Lipinski definition) is 5. The predicted octanol–water partition coefficient (Wildman–Crippen LogP) is 0.408. The van der Waals surface area contributed by atoms with Crippen molar-refractivity contribution in [1.82, 2.24) is 14.9 Å². The molecule has 0 spiro atoms. The first-order valence-electron chi connectivity index (χ1n) is 6.15. The van der Waals surface area contributed by atoms with Gasteiger partial charge in [0.2, 0.25) is 0 Å². The summed E-state index contributed by atoms with van der Waals surface area (Å²) in [6, 6.07) is -0.208. The summed E-state index contributed by atoms with van der Waals surface area (Å²) in [7, 11) is 0. The predicted molar refractivity (Wildman–Crippen MR) is 68.7 cm³/mol. The lowest BCUT2D eigenvalue weighted by atomic mass is 9.66. The van der Waals surface area contributed by atoms with Crippen molar-refractivity contribution in [2.75, 3.05) is 13.3 Å². The molecule has 1 aliphatic heterocycles. The lowest BCUT2D eigenvalue weighted by Gasteiger charge is -2.45. The number of hydrogen-bond donors (Lipinski definition) is 3. The lowest BCUT2D eigenvalue weighted by Crippen LogP contribution is -2.44. The summed E-state index contributed by atoms with van der Waals surface area (Å²) in [6.07, 6.45) is 2.72. The number of aliphatic hydroxyl groups is 1. The second-order valence-corrected chi connectivity index (χ2v) is 4.89. The van der Waals surface area contributed by atoms with Crippen molar-refractivity contribution in [3.63, 3.8) is 0 Å². The molecule has 0 saturated heterocycles. The molecule has 4 atom stereocenters. The maximum Gasteiger partial charge on any atom is 0.161 e. The van der Waals surface area contributed by atoms with E-state index in [0.717, 1.165) is 5.57 Å². The highest BCUT2D eigenvalue weighted by Crippen LogP contribution is 2.50. The van der Waals surface area contributed by atoms with Crippen LogP contribution in [0.25, 0.3) is 0 Å². The Kier molecular flexibility index (Phi) is 2.87. The molecule has 0 aromatic carbocycles. The number of aliphatic hydroxyl groups excluding tert-OH is 1. The summed E-state index contributed by atoms with van der Waals surface area (Å²) in [5.74, 6) is 0.164. The summed E-state index contributed by atoms with van der Waals surface area (Å²) in [6.45, 7) is 3.36. The van der Waals surface area contributed by atoms with Crippen LogP contribution in [0.2, 0.25) is 0 Å². The van der Waals surface area contributed by atoms with Crippen molar-refractivity contribution >= 4 is 12.2 Å². The van der Waals surface area contributed by atoms with E-state index in [2.05, 4.69) is 21.9 Å². The molecule has 1 unspecified atom stereocenters. The van der Waals surface area contributed by atoms with E-state index >= 15 is 0 Å². The summed E-state index contributed by atoms with van der Waals surface area (Å²) >= 11 is 0. The van der Waals surface area contributed by atoms with Gasteiger partial charge in [-0.25, -0.2) is 9.98 Å². The van der Waals surface area contributed by atoms with E-state index in [0.29, 0.717) is 11.5 Å². The standard InChI is InChI=1S/C12H16FN5O/c1-6-8(3-19)7(2-13)10(6)18-5-17-9-11(14)15-4-16-12(9)18/h4-5,7-8,10-11,19H,1-3,14H2,(H,15,16)/t7-,8+,10-,11?/m1/s1. The van der Waals surface area contributed by atoms with Crippen molar-refractivity contribution in [3.05, 3.63) is 24.2 Å². The van der Waals surface area contributed by atoms with Crippen LogP contribution >= 0.6 is 0 Å². The largest absolute Gasteiger partial charge is 0.396 e. The number of imidazole rings is 1. The van der Waals surface area contributed by atoms with Crippen LogP contribution < -0.4 is 11.1 Å². The number of alkyl halides is 1. The van der Waals surface area contributed by atoms with Crippen LogP contribution in [0, 0.1) is 11.8 Å². The van der Waals surface area contributed by atoms with Gasteiger partial charge in [-0.3, -0.25) is 4.39 Å². The van der Waals surface area contributed by atoms with Gasteiger partial charge in [0.05, 0.1) is 32.0 Å². The van der Waals surface area contributed by atoms with Gasteiger partial charge in [0.25, 0.3) is 0 Å². The normalized spacial score (nSPS) is 32.7. The fourth-order valence-electron chi connectivity index (χ4n) is 2.88. The SMILES string of the molecule is C=C1[C@@H](n2cnc3c2N=CNC3N)[C@H](CF)[C@H]1CO. The smallest absolute Gasteiger partial charge is 0.161 e. The molecule has 2 aliphatic rings. The van der Waals surface area contributed by atoms with Gasteiger partial charge >= 0.3 is 0 Å². The molecule has 3 rings (SSSR count). The van der Waals surface area contributed by atoms with Crippen LogP contribution in [-0.4, -0.2) is 34.3 Å². The molecule has 19 heavy (non-hydrogen) atoms. The molecule has 0 radical (unpaired) electrons. The average Bonchev–Trinajstić information content (AvgIpc) is 2.81. The van der Waals surface area contributed by atoms with Gasteiger partial charge < -0.3 is 20.7 Å². The highest BCUT2D eigenvalue weighted by atomic mass is 19.1. The highest BCUT2D eigenvalue weighted by molar-refractivity contribution is 5.65. The number of nitrogens with one attached hydrogen (secondary N) is 1. The number of fused-ring (bicyclic) bond motifs is 1. The Labute approximate surface area is 109 Å². The number of nitrogens with two attached hydrogens (primary N) is 1. The number of rotatable bonds is 3. The fraction of sp³-hybridized carbons (Fsp3) is 0.500. The molecular weight excluding hydrogens is 249 g/mol. The van der Waals surface area contributed by atoms with Gasteiger partial charge in [0.1, 0.15) is 11.9 Å². The van der Waals surface area contributed by atoms with Gasteiger partial charge in [0, 0.05) is 11.8 Å². The van der Waals surface area contributed by atoms with E-state index in [1.54, 1.807) is 10.9 Å². The van der Waals surface area contributed by atoms with Gasteiger partial charge in [-0.05, 0) is 5.57 Å². The third kappa shape index (κ3) is 1.62. The van der Waals surface area contributed by atoms with Gasteiger partial charge in [-0.1, -0.05) is 6.58 Å². The van der Waals surface area contributed by atoms with Crippen molar-refractivity contribution in [3.8, 4) is 0 Å². The Hall–Kier alpha value is -1.73. The molecule has 0 amide bonds. The first kappa shape index (κ1) is 12.3. The van der Waals surface area contributed by atoms with Gasteiger partial charge in [-0.2, -0.15) is 0 Å². The summed E-state index contributed by atoms with van der Waals surface area (Å²) in [5.41, 5.74) is 7.31. The molecule has 1 aromatic heterocycles. The van der Waals surface area contributed by atoms with Crippen molar-refractivity contribution in [1.29, 1.82) is 0 Å². The molecule has 4 N–H and O–H groups in total. The van der Waals surface area contributed by atoms with Crippen molar-refractivity contribution in [2.24, 2.45) is 22.6 Å². The Balaban J connectivity index is 1.96. The highest BCUT2D eigenvalue weighted by Gasteiger charge is 2.46. The van der Waals surface area contributed by atoms with Crippen molar-refractivity contribution < 1.29 is 9.50 Å². The third-order valence-electron chi connectivity index (χ3n) is 3.98. The third-order valence-corrected chi connectivity index (χ3v) is 3.98. The zero-order chi connectivity index (χ0) is 13.6. The fourth-order valence-corrected chi connectivity index (χ4v) is 2.88. The maximum absolute atomic E-state index is 13.1. The molecule has 1 fully saturated rings. The molecule has 6 nitrogen and oxygen atoms in total. The molecule has 1 aliphatic carbocycles. The zero-order valence-corrected chi connectivity index (χ0v) is 10.3. The topological polar surface area (TPSA) is 88.5 Å². The quantitative estimate of drug-likeness (QED) is 0.691. The molecular formula is C12H16FN5O. The Morgan fingerprint density at radius 2 is 2.37 bits per heavy atom. The number of halogens is 1. The summed E-state index contributed by atoms with van der Waals surface area (Å²) in [5, 5.41) is 12.1. The number of nitrogens with zero attached hydrogens (tertiary/aromatic N) is 3.